The van der Waals surface area contributed by atoms with Crippen molar-refractivity contribution in [1.82, 2.24) is 10.3 Å². The van der Waals surface area contributed by atoms with Crippen LogP contribution in [-0.4, -0.2) is 36.9 Å². The average Bonchev–Trinajstić information content (AvgIpc) is 2.81. The van der Waals surface area contributed by atoms with E-state index in [1.165, 1.54) is 4.88 Å². The summed E-state index contributed by atoms with van der Waals surface area (Å²) < 4.78 is 12.2. The summed E-state index contributed by atoms with van der Waals surface area (Å²) in [6.45, 7) is 11.0. The van der Waals surface area contributed by atoms with Gasteiger partial charge >= 0.3 is 7.12 Å². The Morgan fingerprint density at radius 2 is 1.95 bits per heavy atom. The van der Waals surface area contributed by atoms with Gasteiger partial charge in [0.1, 0.15) is 5.01 Å². The summed E-state index contributed by atoms with van der Waals surface area (Å²) in [5, 5.41) is 4.16. The molecule has 4 nitrogen and oxygen atoms in total. The molecular weight excluding hydrogens is 271 g/mol. The molecule has 1 aromatic heterocycles. The zero-order valence-corrected chi connectivity index (χ0v) is 13.9. The maximum absolute atomic E-state index is 6.10. The lowest BCUT2D eigenvalue weighted by atomic mass is 9.78. The molecule has 0 bridgehead atoms. The number of likely N-dealkylation sites (N-methyl/N-ethyl adjacent to an activating group) is 1. The zero-order chi connectivity index (χ0) is 15.0. The van der Waals surface area contributed by atoms with Crippen LogP contribution in [0.5, 0.6) is 0 Å². The number of nitrogens with zero attached hydrogens (tertiary/aromatic N) is 1. The molecule has 1 N–H and O–H groups in total. The van der Waals surface area contributed by atoms with Crippen molar-refractivity contribution in [3.05, 3.63) is 21.6 Å². The molecule has 0 amide bonds. The van der Waals surface area contributed by atoms with Crippen LogP contribution >= 0.6 is 11.3 Å². The maximum atomic E-state index is 6.10. The first-order valence-electron chi connectivity index (χ1n) is 6.88. The van der Waals surface area contributed by atoms with Crippen molar-refractivity contribution in [2.24, 2.45) is 0 Å². The van der Waals surface area contributed by atoms with E-state index in [9.17, 15) is 0 Å². The first-order chi connectivity index (χ1) is 9.25. The van der Waals surface area contributed by atoms with Crippen LogP contribution in [0.3, 0.4) is 0 Å². The van der Waals surface area contributed by atoms with E-state index in [1.807, 2.05) is 13.2 Å². The van der Waals surface area contributed by atoms with Gasteiger partial charge in [0.05, 0.1) is 11.2 Å². The van der Waals surface area contributed by atoms with E-state index in [0.717, 1.165) is 17.0 Å². The van der Waals surface area contributed by atoms with Gasteiger partial charge in [-0.3, -0.25) is 0 Å². The van der Waals surface area contributed by atoms with Gasteiger partial charge in [0.15, 0.2) is 0 Å². The molecule has 2 heterocycles. The molecule has 0 unspecified atom stereocenters. The third kappa shape index (κ3) is 3.14. The van der Waals surface area contributed by atoms with Gasteiger partial charge in [-0.2, -0.15) is 0 Å². The number of thiazole rings is 1. The molecule has 2 rings (SSSR count). The number of nitrogens with one attached hydrogen (secondary N) is 1. The summed E-state index contributed by atoms with van der Waals surface area (Å²) in [6, 6.07) is 0. The van der Waals surface area contributed by atoms with Crippen LogP contribution in [0.25, 0.3) is 6.08 Å². The number of hydrogen-bond acceptors (Lipinski definition) is 5. The Bertz CT molecular complexity index is 495. The standard InChI is InChI=1S/C14H23BN2O2S/c1-10-8-17-12(20-10)7-11(9-16-6)15-18-13(2,3)14(4,5)19-15/h7-8,16H,9H2,1-6H3. The van der Waals surface area contributed by atoms with E-state index < -0.39 is 0 Å². The van der Waals surface area contributed by atoms with E-state index in [-0.39, 0.29) is 18.3 Å². The molecule has 1 saturated heterocycles. The fourth-order valence-electron chi connectivity index (χ4n) is 2.00. The molecule has 6 heteroatoms. The van der Waals surface area contributed by atoms with Gasteiger partial charge in [-0.15, -0.1) is 11.3 Å². The van der Waals surface area contributed by atoms with Gasteiger partial charge in [0.2, 0.25) is 0 Å². The van der Waals surface area contributed by atoms with Crippen molar-refractivity contribution in [3.8, 4) is 0 Å². The average molecular weight is 294 g/mol. The van der Waals surface area contributed by atoms with E-state index in [4.69, 9.17) is 9.31 Å². The fourth-order valence-corrected chi connectivity index (χ4v) is 2.75. The number of rotatable bonds is 4. The Morgan fingerprint density at radius 1 is 1.35 bits per heavy atom. The Kier molecular flexibility index (Phi) is 4.40. The Morgan fingerprint density at radius 3 is 2.40 bits per heavy atom. The Balaban J connectivity index is 2.24. The van der Waals surface area contributed by atoms with E-state index in [1.54, 1.807) is 11.3 Å². The molecule has 110 valence electrons. The first-order valence-corrected chi connectivity index (χ1v) is 7.70. The third-order valence-corrected chi connectivity index (χ3v) is 4.74. The van der Waals surface area contributed by atoms with Crippen LogP contribution in [0.4, 0.5) is 0 Å². The predicted molar refractivity (Wildman–Crippen MR) is 84.8 cm³/mol. The molecule has 0 atom stereocenters. The molecule has 1 aliphatic heterocycles. The highest BCUT2D eigenvalue weighted by Crippen LogP contribution is 2.38. The normalized spacial score (nSPS) is 21.5. The second-order valence-electron chi connectivity index (χ2n) is 6.15. The molecule has 0 spiro atoms. The lowest BCUT2D eigenvalue weighted by Gasteiger charge is -2.32. The smallest absolute Gasteiger partial charge is 0.400 e. The van der Waals surface area contributed by atoms with Crippen molar-refractivity contribution >= 4 is 24.5 Å². The Hall–Kier alpha value is -0.685. The second kappa shape index (κ2) is 5.60. The summed E-state index contributed by atoms with van der Waals surface area (Å²) >= 11 is 1.67. The lowest BCUT2D eigenvalue weighted by molar-refractivity contribution is 0.00578. The predicted octanol–water partition coefficient (Wildman–Crippen LogP) is 2.69. The van der Waals surface area contributed by atoms with E-state index in [2.05, 4.69) is 51.0 Å². The second-order valence-corrected chi connectivity index (χ2v) is 7.41. The van der Waals surface area contributed by atoms with Gasteiger partial charge in [-0.05, 0) is 53.2 Å². The Labute approximate surface area is 125 Å². The van der Waals surface area contributed by atoms with Gasteiger partial charge in [0.25, 0.3) is 0 Å². The SMILES string of the molecule is CNCC(=Cc1ncc(C)s1)B1OC(C)(C)C(C)(C)O1. The van der Waals surface area contributed by atoms with Crippen LogP contribution in [0.1, 0.15) is 37.6 Å². The minimum atomic E-state index is -0.323. The van der Waals surface area contributed by atoms with Crippen molar-refractivity contribution in [2.75, 3.05) is 13.6 Å². The summed E-state index contributed by atoms with van der Waals surface area (Å²) in [5.74, 6) is 0. The van der Waals surface area contributed by atoms with Crippen molar-refractivity contribution in [1.29, 1.82) is 0 Å². The highest BCUT2D eigenvalue weighted by atomic mass is 32.1. The lowest BCUT2D eigenvalue weighted by Crippen LogP contribution is -2.41. The summed E-state index contributed by atoms with van der Waals surface area (Å²) in [4.78, 5) is 5.59. The quantitative estimate of drug-likeness (QED) is 0.867. The van der Waals surface area contributed by atoms with Crippen molar-refractivity contribution in [2.45, 2.75) is 45.8 Å². The van der Waals surface area contributed by atoms with Gasteiger partial charge in [0, 0.05) is 17.6 Å². The topological polar surface area (TPSA) is 43.4 Å². The van der Waals surface area contributed by atoms with Crippen LogP contribution in [0.15, 0.2) is 11.7 Å². The van der Waals surface area contributed by atoms with Crippen LogP contribution in [-0.2, 0) is 9.31 Å². The van der Waals surface area contributed by atoms with E-state index in [0.29, 0.717) is 0 Å². The molecule has 1 aliphatic rings. The number of hydrogen-bond donors (Lipinski definition) is 1. The first kappa shape index (κ1) is 15.7. The minimum absolute atomic E-state index is 0.316. The number of aromatic nitrogens is 1. The van der Waals surface area contributed by atoms with Gasteiger partial charge in [-0.25, -0.2) is 4.98 Å². The maximum Gasteiger partial charge on any atom is 0.491 e. The van der Waals surface area contributed by atoms with Crippen molar-refractivity contribution < 1.29 is 9.31 Å². The summed E-state index contributed by atoms with van der Waals surface area (Å²) in [5.41, 5.74) is 0.438. The molecule has 0 aliphatic carbocycles. The summed E-state index contributed by atoms with van der Waals surface area (Å²) in [6.07, 6.45) is 3.95. The van der Waals surface area contributed by atoms with Crippen LogP contribution in [0.2, 0.25) is 0 Å². The minimum Gasteiger partial charge on any atom is -0.400 e. The third-order valence-electron chi connectivity index (χ3n) is 3.88. The zero-order valence-electron chi connectivity index (χ0n) is 13.1. The summed E-state index contributed by atoms with van der Waals surface area (Å²) in [7, 11) is 1.60. The van der Waals surface area contributed by atoms with Gasteiger partial charge in [-0.1, -0.05) is 0 Å². The molecule has 0 aromatic carbocycles. The van der Waals surface area contributed by atoms with Gasteiger partial charge < -0.3 is 14.6 Å². The largest absolute Gasteiger partial charge is 0.491 e. The van der Waals surface area contributed by atoms with Crippen LogP contribution < -0.4 is 5.32 Å². The van der Waals surface area contributed by atoms with Crippen LogP contribution in [0, 0.1) is 6.92 Å². The highest BCUT2D eigenvalue weighted by Gasteiger charge is 2.52. The van der Waals surface area contributed by atoms with E-state index >= 15 is 0 Å². The molecule has 20 heavy (non-hydrogen) atoms. The monoisotopic (exact) mass is 294 g/mol. The molecule has 1 aromatic rings. The molecule has 0 saturated carbocycles. The molecule has 1 fully saturated rings. The molecular formula is C14H23BN2O2S. The van der Waals surface area contributed by atoms with Crippen molar-refractivity contribution in [3.63, 3.8) is 0 Å². The molecule has 0 radical (unpaired) electrons. The fraction of sp³-hybridized carbons (Fsp3) is 0.643. The highest BCUT2D eigenvalue weighted by molar-refractivity contribution is 7.12. The number of aryl methyl sites for hydroxylation is 1.